The summed E-state index contributed by atoms with van der Waals surface area (Å²) in [5, 5.41) is 7.06. The monoisotopic (exact) mass is 190 g/mol. The van der Waals surface area contributed by atoms with Crippen LogP contribution in [-0.2, 0) is 0 Å². The third kappa shape index (κ3) is 3.06. The molecule has 0 spiro atoms. The van der Waals surface area contributed by atoms with E-state index in [0.717, 1.165) is 11.8 Å². The molecule has 5 heteroatoms. The Balaban J connectivity index is 2.73. The molecule has 1 aromatic rings. The molecule has 4 N–H and O–H groups in total. The lowest BCUT2D eigenvalue weighted by atomic mass is 10.2. The first-order valence-electron chi connectivity index (χ1n) is 3.89. The summed E-state index contributed by atoms with van der Waals surface area (Å²) >= 11 is 0. The van der Waals surface area contributed by atoms with Gasteiger partial charge >= 0.3 is 0 Å². The molecule has 0 radical (unpaired) electrons. The van der Waals surface area contributed by atoms with Crippen LogP contribution < -0.4 is 11.5 Å². The van der Waals surface area contributed by atoms with Crippen LogP contribution in [0.2, 0.25) is 0 Å². The number of guanidine groups is 1. The van der Waals surface area contributed by atoms with Crippen LogP contribution in [0, 0.1) is 0 Å². The van der Waals surface area contributed by atoms with E-state index >= 15 is 0 Å². The number of carbonyl (C=O) groups is 1. The fourth-order valence-corrected chi connectivity index (χ4v) is 0.823. The largest absolute Gasteiger partial charge is 0.369 e. The highest BCUT2D eigenvalue weighted by Gasteiger charge is 1.89. The lowest BCUT2D eigenvalue weighted by Crippen LogP contribution is -2.21. The molecule has 0 aromatic heterocycles. The van der Waals surface area contributed by atoms with Crippen LogP contribution in [0.4, 0.5) is 0 Å². The van der Waals surface area contributed by atoms with Gasteiger partial charge in [0.25, 0.3) is 0 Å². The van der Waals surface area contributed by atoms with Crippen molar-refractivity contribution in [1.82, 2.24) is 0 Å². The summed E-state index contributed by atoms with van der Waals surface area (Å²) in [5.74, 6) is -0.0919. The Bertz CT molecular complexity index is 363. The first kappa shape index (κ1) is 9.91. The molecule has 0 bridgehead atoms. The third-order valence-corrected chi connectivity index (χ3v) is 1.45. The van der Waals surface area contributed by atoms with Gasteiger partial charge in [-0.05, 0) is 5.56 Å². The number of benzene rings is 1. The maximum atomic E-state index is 10.3. The molecule has 0 amide bonds. The highest BCUT2D eigenvalue weighted by molar-refractivity contribution is 5.83. The first-order chi connectivity index (χ1) is 6.72. The van der Waals surface area contributed by atoms with Gasteiger partial charge in [-0.25, -0.2) is 0 Å². The molecule has 0 saturated heterocycles. The Morgan fingerprint density at radius 2 is 1.71 bits per heavy atom. The van der Waals surface area contributed by atoms with Crippen molar-refractivity contribution in [3.05, 3.63) is 35.4 Å². The fraction of sp³-hybridized carbons (Fsp3) is 0. The molecule has 0 aliphatic heterocycles. The first-order valence-corrected chi connectivity index (χ1v) is 3.89. The van der Waals surface area contributed by atoms with E-state index in [1.54, 1.807) is 24.3 Å². The van der Waals surface area contributed by atoms with Crippen LogP contribution in [-0.4, -0.2) is 18.5 Å². The zero-order valence-corrected chi connectivity index (χ0v) is 7.42. The van der Waals surface area contributed by atoms with Crippen LogP contribution >= 0.6 is 0 Å². The van der Waals surface area contributed by atoms with Gasteiger partial charge in [-0.1, -0.05) is 24.3 Å². The van der Waals surface area contributed by atoms with Gasteiger partial charge in [-0.3, -0.25) is 4.79 Å². The van der Waals surface area contributed by atoms with Crippen molar-refractivity contribution in [3.8, 4) is 0 Å². The molecule has 0 fully saturated rings. The Kier molecular flexibility index (Phi) is 3.37. The van der Waals surface area contributed by atoms with Crippen LogP contribution in [0.15, 0.2) is 34.5 Å². The highest BCUT2D eigenvalue weighted by Crippen LogP contribution is 1.99. The average molecular weight is 190 g/mol. The summed E-state index contributed by atoms with van der Waals surface area (Å²) in [7, 11) is 0. The second-order valence-corrected chi connectivity index (χ2v) is 2.55. The second-order valence-electron chi connectivity index (χ2n) is 2.55. The molecular formula is C9H10N4O. The smallest absolute Gasteiger partial charge is 0.211 e. The van der Waals surface area contributed by atoms with E-state index in [-0.39, 0.29) is 5.96 Å². The Morgan fingerprint density at radius 3 is 2.21 bits per heavy atom. The van der Waals surface area contributed by atoms with E-state index < -0.39 is 0 Å². The number of aldehydes is 1. The van der Waals surface area contributed by atoms with Gasteiger partial charge in [-0.15, -0.1) is 5.10 Å². The van der Waals surface area contributed by atoms with E-state index in [1.807, 2.05) is 0 Å². The summed E-state index contributed by atoms with van der Waals surface area (Å²) in [6.45, 7) is 0. The molecule has 0 unspecified atom stereocenters. The number of carbonyl (C=O) groups excluding carboxylic acids is 1. The molecule has 0 aliphatic rings. The quantitative estimate of drug-likeness (QED) is 0.306. The van der Waals surface area contributed by atoms with Gasteiger partial charge < -0.3 is 11.5 Å². The number of hydrogen-bond acceptors (Lipinski definition) is 3. The highest BCUT2D eigenvalue weighted by atomic mass is 16.1. The second kappa shape index (κ2) is 4.76. The fourth-order valence-electron chi connectivity index (χ4n) is 0.823. The van der Waals surface area contributed by atoms with Crippen molar-refractivity contribution in [1.29, 1.82) is 0 Å². The van der Waals surface area contributed by atoms with Crippen LogP contribution in [0.5, 0.6) is 0 Å². The minimum Gasteiger partial charge on any atom is -0.369 e. The molecular weight excluding hydrogens is 180 g/mol. The van der Waals surface area contributed by atoms with Crippen LogP contribution in [0.1, 0.15) is 15.9 Å². The number of nitrogens with two attached hydrogens (primary N) is 2. The molecule has 5 nitrogen and oxygen atoms in total. The zero-order valence-electron chi connectivity index (χ0n) is 7.42. The lowest BCUT2D eigenvalue weighted by molar-refractivity contribution is 0.112. The lowest BCUT2D eigenvalue weighted by Gasteiger charge is -1.91. The maximum absolute atomic E-state index is 10.3. The topological polar surface area (TPSA) is 93.8 Å². The minimum atomic E-state index is -0.0919. The molecule has 0 aliphatic carbocycles. The van der Waals surface area contributed by atoms with E-state index in [9.17, 15) is 4.79 Å². The van der Waals surface area contributed by atoms with Crippen molar-refractivity contribution in [2.24, 2.45) is 21.7 Å². The summed E-state index contributed by atoms with van der Waals surface area (Å²) in [5.41, 5.74) is 11.6. The standard InChI is InChI=1S/C9H10N4O/c10-9(11)13-12-5-7-1-3-8(6-14)4-2-7/h1-6H,(H4,10,11,13)/b12-5+. The van der Waals surface area contributed by atoms with Crippen molar-refractivity contribution in [2.45, 2.75) is 0 Å². The SMILES string of the molecule is NC(N)=N/N=C/c1ccc(C=O)cc1. The predicted octanol–water partition coefficient (Wildman–Crippen LogP) is 0.106. The van der Waals surface area contributed by atoms with Crippen molar-refractivity contribution >= 4 is 18.5 Å². The zero-order chi connectivity index (χ0) is 10.4. The summed E-state index contributed by atoms with van der Waals surface area (Å²) < 4.78 is 0. The van der Waals surface area contributed by atoms with Crippen LogP contribution in [0.3, 0.4) is 0 Å². The van der Waals surface area contributed by atoms with Gasteiger partial charge in [0.05, 0.1) is 6.21 Å². The average Bonchev–Trinajstić information content (AvgIpc) is 2.18. The van der Waals surface area contributed by atoms with E-state index in [1.165, 1.54) is 6.21 Å². The van der Waals surface area contributed by atoms with Crippen molar-refractivity contribution in [2.75, 3.05) is 0 Å². The van der Waals surface area contributed by atoms with Crippen molar-refractivity contribution < 1.29 is 4.79 Å². The van der Waals surface area contributed by atoms with Crippen LogP contribution in [0.25, 0.3) is 0 Å². The summed E-state index contributed by atoms with van der Waals surface area (Å²) in [6.07, 6.45) is 2.27. The van der Waals surface area contributed by atoms with Gasteiger partial charge in [0.15, 0.2) is 0 Å². The minimum absolute atomic E-state index is 0.0919. The van der Waals surface area contributed by atoms with Gasteiger partial charge in [0.1, 0.15) is 6.29 Å². The Hall–Kier alpha value is -2.17. The molecule has 14 heavy (non-hydrogen) atoms. The van der Waals surface area contributed by atoms with Crippen molar-refractivity contribution in [3.63, 3.8) is 0 Å². The number of hydrogen-bond donors (Lipinski definition) is 2. The number of nitrogens with zero attached hydrogens (tertiary/aromatic N) is 2. The van der Waals surface area contributed by atoms with E-state index in [4.69, 9.17) is 11.5 Å². The van der Waals surface area contributed by atoms with Gasteiger partial charge in [0, 0.05) is 5.56 Å². The summed E-state index contributed by atoms with van der Waals surface area (Å²) in [6, 6.07) is 6.86. The number of rotatable bonds is 3. The van der Waals surface area contributed by atoms with E-state index in [0.29, 0.717) is 5.56 Å². The van der Waals surface area contributed by atoms with E-state index in [2.05, 4.69) is 10.2 Å². The summed E-state index contributed by atoms with van der Waals surface area (Å²) in [4.78, 5) is 10.3. The molecule has 1 aromatic carbocycles. The van der Waals surface area contributed by atoms with Gasteiger partial charge in [0.2, 0.25) is 5.96 Å². The molecule has 1 rings (SSSR count). The molecule has 0 saturated carbocycles. The molecule has 0 atom stereocenters. The Morgan fingerprint density at radius 1 is 1.14 bits per heavy atom. The third-order valence-electron chi connectivity index (χ3n) is 1.45. The Labute approximate surface area is 81.1 Å². The van der Waals surface area contributed by atoms with Gasteiger partial charge in [-0.2, -0.15) is 5.10 Å². The maximum Gasteiger partial charge on any atom is 0.211 e. The normalized spacial score (nSPS) is 10.0. The predicted molar refractivity (Wildman–Crippen MR) is 55.2 cm³/mol. The molecule has 0 heterocycles. The molecule has 72 valence electrons.